The number of benzene rings is 3. The Morgan fingerprint density at radius 2 is 1.26 bits per heavy atom. The normalized spacial score (nSPS) is 10.8. The van der Waals surface area contributed by atoms with Crippen LogP contribution in [0.5, 0.6) is 0 Å². The fraction of sp³-hybridized carbons (Fsp3) is 0.115. The van der Waals surface area contributed by atoms with Crippen LogP contribution < -0.4 is 4.57 Å². The van der Waals surface area contributed by atoms with Crippen molar-refractivity contribution in [3.8, 4) is 33.5 Å². The van der Waals surface area contributed by atoms with E-state index in [0.29, 0.717) is 0 Å². The smallest absolute Gasteiger partial charge is 0.200 e. The summed E-state index contributed by atoms with van der Waals surface area (Å²) in [5, 5.41) is 0. The van der Waals surface area contributed by atoms with Gasteiger partial charge in [0.1, 0.15) is 7.05 Å². The van der Waals surface area contributed by atoms with E-state index >= 15 is 0 Å². The average molecular weight is 350 g/mol. The van der Waals surface area contributed by atoms with Crippen molar-refractivity contribution in [3.05, 3.63) is 102 Å². The van der Waals surface area contributed by atoms with Gasteiger partial charge in [-0.1, -0.05) is 66.7 Å². The molecule has 0 radical (unpaired) electrons. The first-order valence-corrected chi connectivity index (χ1v) is 9.36. The second-order valence-electron chi connectivity index (χ2n) is 7.09. The van der Waals surface area contributed by atoms with Crippen LogP contribution in [0.1, 0.15) is 11.1 Å². The number of aryl methyl sites for hydroxylation is 3. The van der Waals surface area contributed by atoms with Gasteiger partial charge in [-0.05, 0) is 53.8 Å². The maximum atomic E-state index is 2.29. The van der Waals surface area contributed by atoms with Gasteiger partial charge in [0.05, 0.1) is 5.56 Å². The monoisotopic (exact) mass is 350 g/mol. The standard InChI is InChI=1S/C26H24N/c1-19-10-7-8-13-24(19)26-25(14-9-17-27(26)3)23-16-15-22(18-20(23)2)21-11-5-4-6-12-21/h4-18H,1-3H3/q+1. The molecule has 1 nitrogen and oxygen atoms in total. The Hall–Kier alpha value is -3.19. The molecule has 0 aliphatic carbocycles. The molecule has 4 rings (SSSR count). The van der Waals surface area contributed by atoms with Crippen molar-refractivity contribution in [3.63, 3.8) is 0 Å². The summed E-state index contributed by atoms with van der Waals surface area (Å²) in [4.78, 5) is 0. The number of nitrogens with zero attached hydrogens (tertiary/aromatic N) is 1. The fourth-order valence-electron chi connectivity index (χ4n) is 3.78. The lowest BCUT2D eigenvalue weighted by Crippen LogP contribution is -2.31. The van der Waals surface area contributed by atoms with Gasteiger partial charge >= 0.3 is 0 Å². The van der Waals surface area contributed by atoms with Crippen molar-refractivity contribution < 1.29 is 4.57 Å². The van der Waals surface area contributed by atoms with Gasteiger partial charge in [0.2, 0.25) is 5.69 Å². The Morgan fingerprint density at radius 1 is 0.556 bits per heavy atom. The topological polar surface area (TPSA) is 3.88 Å². The lowest BCUT2D eigenvalue weighted by atomic mass is 9.92. The van der Waals surface area contributed by atoms with Gasteiger partial charge < -0.3 is 0 Å². The van der Waals surface area contributed by atoms with Gasteiger partial charge in [-0.15, -0.1) is 0 Å². The SMILES string of the molecule is Cc1cc(-c2ccccc2)ccc1-c1ccc[n+](C)c1-c1ccccc1C. The zero-order chi connectivity index (χ0) is 18.8. The van der Waals surface area contributed by atoms with Crippen LogP contribution in [-0.2, 0) is 7.05 Å². The molecule has 0 aliphatic rings. The summed E-state index contributed by atoms with van der Waals surface area (Å²) in [7, 11) is 2.12. The largest absolute Gasteiger partial charge is 0.220 e. The van der Waals surface area contributed by atoms with E-state index < -0.39 is 0 Å². The first-order chi connectivity index (χ1) is 13.1. The zero-order valence-corrected chi connectivity index (χ0v) is 16.1. The molecule has 132 valence electrons. The van der Waals surface area contributed by atoms with Crippen molar-refractivity contribution in [2.45, 2.75) is 13.8 Å². The molecule has 0 amide bonds. The van der Waals surface area contributed by atoms with Crippen molar-refractivity contribution in [1.82, 2.24) is 0 Å². The van der Waals surface area contributed by atoms with Crippen LogP contribution in [0.4, 0.5) is 0 Å². The molecule has 4 aromatic rings. The molecule has 1 heterocycles. The highest BCUT2D eigenvalue weighted by atomic mass is 14.9. The summed E-state index contributed by atoms with van der Waals surface area (Å²) in [6.45, 7) is 4.38. The number of pyridine rings is 1. The van der Waals surface area contributed by atoms with Crippen molar-refractivity contribution in [2.24, 2.45) is 7.05 Å². The van der Waals surface area contributed by atoms with Gasteiger partial charge in [-0.3, -0.25) is 0 Å². The van der Waals surface area contributed by atoms with Crippen molar-refractivity contribution >= 4 is 0 Å². The summed E-state index contributed by atoms with van der Waals surface area (Å²) in [6, 6.07) is 30.3. The minimum absolute atomic E-state index is 1.25. The second kappa shape index (κ2) is 7.20. The number of hydrogen-bond donors (Lipinski definition) is 0. The van der Waals surface area contributed by atoms with E-state index in [2.05, 4.69) is 117 Å². The molecule has 0 saturated carbocycles. The van der Waals surface area contributed by atoms with Crippen LogP contribution >= 0.6 is 0 Å². The molecule has 1 aromatic heterocycles. The molecular weight excluding hydrogens is 326 g/mol. The maximum absolute atomic E-state index is 2.29. The molecule has 0 aliphatic heterocycles. The van der Waals surface area contributed by atoms with Crippen LogP contribution in [0.15, 0.2) is 91.1 Å². The Kier molecular flexibility index (Phi) is 4.60. The quantitative estimate of drug-likeness (QED) is 0.391. The molecule has 0 N–H and O–H groups in total. The Bertz CT molecular complexity index is 1090. The zero-order valence-electron chi connectivity index (χ0n) is 16.1. The fourth-order valence-corrected chi connectivity index (χ4v) is 3.78. The second-order valence-corrected chi connectivity index (χ2v) is 7.09. The summed E-state index contributed by atoms with van der Waals surface area (Å²) in [5.41, 5.74) is 10.2. The van der Waals surface area contributed by atoms with Crippen LogP contribution in [-0.4, -0.2) is 0 Å². The van der Waals surface area contributed by atoms with Crippen LogP contribution in [0.3, 0.4) is 0 Å². The minimum atomic E-state index is 1.25. The average Bonchev–Trinajstić information content (AvgIpc) is 2.69. The highest BCUT2D eigenvalue weighted by Crippen LogP contribution is 2.34. The summed E-state index contributed by atoms with van der Waals surface area (Å²) in [6.07, 6.45) is 2.12. The Morgan fingerprint density at radius 3 is 2.00 bits per heavy atom. The third-order valence-corrected chi connectivity index (χ3v) is 5.20. The third kappa shape index (κ3) is 3.29. The van der Waals surface area contributed by atoms with Gasteiger partial charge in [0, 0.05) is 11.6 Å². The van der Waals surface area contributed by atoms with E-state index in [1.165, 1.54) is 44.6 Å². The van der Waals surface area contributed by atoms with Gasteiger partial charge in [-0.25, -0.2) is 4.57 Å². The molecule has 0 unspecified atom stereocenters. The van der Waals surface area contributed by atoms with Crippen molar-refractivity contribution in [2.75, 3.05) is 0 Å². The van der Waals surface area contributed by atoms with E-state index in [9.17, 15) is 0 Å². The third-order valence-electron chi connectivity index (χ3n) is 5.20. The molecule has 1 heteroatoms. The number of hydrogen-bond acceptors (Lipinski definition) is 0. The lowest BCUT2D eigenvalue weighted by Gasteiger charge is -2.13. The van der Waals surface area contributed by atoms with Gasteiger partial charge in [-0.2, -0.15) is 0 Å². The maximum Gasteiger partial charge on any atom is 0.220 e. The lowest BCUT2D eigenvalue weighted by molar-refractivity contribution is -0.660. The first kappa shape index (κ1) is 17.2. The van der Waals surface area contributed by atoms with E-state index in [1.807, 2.05) is 0 Å². The molecule has 0 fully saturated rings. The van der Waals surface area contributed by atoms with E-state index in [4.69, 9.17) is 0 Å². The van der Waals surface area contributed by atoms with Crippen LogP contribution in [0.2, 0.25) is 0 Å². The highest BCUT2D eigenvalue weighted by molar-refractivity contribution is 5.83. The first-order valence-electron chi connectivity index (χ1n) is 9.36. The molecule has 0 atom stereocenters. The van der Waals surface area contributed by atoms with Crippen molar-refractivity contribution in [1.29, 1.82) is 0 Å². The number of rotatable bonds is 3. The van der Waals surface area contributed by atoms with E-state index in [1.54, 1.807) is 0 Å². The molecule has 0 spiro atoms. The molecular formula is C26H24N+. The van der Waals surface area contributed by atoms with E-state index in [-0.39, 0.29) is 0 Å². The predicted molar refractivity (Wildman–Crippen MR) is 113 cm³/mol. The Labute approximate surface area is 161 Å². The molecule has 0 saturated heterocycles. The van der Waals surface area contributed by atoms with Gasteiger partial charge in [0.15, 0.2) is 6.20 Å². The van der Waals surface area contributed by atoms with E-state index in [0.717, 1.165) is 0 Å². The Balaban J connectivity index is 1.88. The molecule has 27 heavy (non-hydrogen) atoms. The molecule has 3 aromatic carbocycles. The van der Waals surface area contributed by atoms with Crippen LogP contribution in [0.25, 0.3) is 33.5 Å². The number of aromatic nitrogens is 1. The summed E-state index contributed by atoms with van der Waals surface area (Å²) in [5.74, 6) is 0. The summed E-state index contributed by atoms with van der Waals surface area (Å²) < 4.78 is 2.22. The molecule has 0 bridgehead atoms. The minimum Gasteiger partial charge on any atom is -0.200 e. The summed E-state index contributed by atoms with van der Waals surface area (Å²) >= 11 is 0. The van der Waals surface area contributed by atoms with Gasteiger partial charge in [0.25, 0.3) is 0 Å². The predicted octanol–water partition coefficient (Wildman–Crippen LogP) is 6.13. The highest BCUT2D eigenvalue weighted by Gasteiger charge is 2.20. The van der Waals surface area contributed by atoms with Crippen LogP contribution in [0, 0.1) is 13.8 Å².